The summed E-state index contributed by atoms with van der Waals surface area (Å²) in [5, 5.41) is 0. The normalized spacial score (nSPS) is 17.2. The van der Waals surface area contributed by atoms with Gasteiger partial charge in [0.15, 0.2) is 11.5 Å². The standard InChI is InChI=1S/C25H24O3/c1-17-8-7-9-18(12-17)13-22-21-15-24(27-3)23(26-2)14-20(21)16-28-25(22)19-10-5-4-6-11-19/h4-15,25H,16H2,1-3H3/b22-13-. The molecule has 1 aliphatic heterocycles. The van der Waals surface area contributed by atoms with Gasteiger partial charge in [-0.05, 0) is 53.0 Å². The number of hydrogen-bond donors (Lipinski definition) is 0. The molecule has 1 unspecified atom stereocenters. The van der Waals surface area contributed by atoms with E-state index in [-0.39, 0.29) is 6.10 Å². The lowest BCUT2D eigenvalue weighted by atomic mass is 9.88. The number of rotatable bonds is 4. The van der Waals surface area contributed by atoms with Crippen molar-refractivity contribution in [2.75, 3.05) is 14.2 Å². The van der Waals surface area contributed by atoms with Crippen molar-refractivity contribution in [2.45, 2.75) is 19.6 Å². The third-order valence-corrected chi connectivity index (χ3v) is 5.07. The monoisotopic (exact) mass is 372 g/mol. The minimum atomic E-state index is -0.132. The van der Waals surface area contributed by atoms with Gasteiger partial charge in [-0.2, -0.15) is 0 Å². The third-order valence-electron chi connectivity index (χ3n) is 5.07. The third kappa shape index (κ3) is 3.54. The first-order valence-corrected chi connectivity index (χ1v) is 9.39. The van der Waals surface area contributed by atoms with E-state index in [4.69, 9.17) is 14.2 Å². The summed E-state index contributed by atoms with van der Waals surface area (Å²) < 4.78 is 17.4. The van der Waals surface area contributed by atoms with Gasteiger partial charge in [-0.25, -0.2) is 0 Å². The van der Waals surface area contributed by atoms with E-state index in [0.29, 0.717) is 6.61 Å². The Balaban J connectivity index is 1.90. The predicted molar refractivity (Wildman–Crippen MR) is 113 cm³/mol. The van der Waals surface area contributed by atoms with E-state index in [1.807, 2.05) is 24.3 Å². The molecule has 1 heterocycles. The molecule has 0 spiro atoms. The van der Waals surface area contributed by atoms with Crippen molar-refractivity contribution in [3.63, 3.8) is 0 Å². The molecule has 0 amide bonds. The zero-order valence-electron chi connectivity index (χ0n) is 16.4. The highest BCUT2D eigenvalue weighted by atomic mass is 16.5. The summed E-state index contributed by atoms with van der Waals surface area (Å²) in [6.45, 7) is 2.64. The van der Waals surface area contributed by atoms with Gasteiger partial charge in [0, 0.05) is 0 Å². The van der Waals surface area contributed by atoms with Crippen LogP contribution in [-0.2, 0) is 11.3 Å². The van der Waals surface area contributed by atoms with Crippen LogP contribution in [0.3, 0.4) is 0 Å². The smallest absolute Gasteiger partial charge is 0.161 e. The molecule has 0 N–H and O–H groups in total. The van der Waals surface area contributed by atoms with Crippen molar-refractivity contribution in [1.29, 1.82) is 0 Å². The zero-order chi connectivity index (χ0) is 19.5. The number of aryl methyl sites for hydroxylation is 1. The molecule has 0 saturated carbocycles. The van der Waals surface area contributed by atoms with Gasteiger partial charge in [0.05, 0.1) is 20.8 Å². The van der Waals surface area contributed by atoms with Gasteiger partial charge >= 0.3 is 0 Å². The van der Waals surface area contributed by atoms with Crippen LogP contribution >= 0.6 is 0 Å². The summed E-state index contributed by atoms with van der Waals surface area (Å²) in [6, 6.07) is 22.9. The Labute approximate surface area is 166 Å². The maximum Gasteiger partial charge on any atom is 0.161 e. The Kier molecular flexibility index (Phi) is 5.18. The molecule has 142 valence electrons. The van der Waals surface area contributed by atoms with Crippen molar-refractivity contribution in [3.8, 4) is 11.5 Å². The van der Waals surface area contributed by atoms with Gasteiger partial charge in [0.25, 0.3) is 0 Å². The minimum Gasteiger partial charge on any atom is -0.493 e. The lowest BCUT2D eigenvalue weighted by molar-refractivity contribution is 0.0713. The van der Waals surface area contributed by atoms with Crippen LogP contribution in [0.5, 0.6) is 11.5 Å². The van der Waals surface area contributed by atoms with Gasteiger partial charge < -0.3 is 14.2 Å². The van der Waals surface area contributed by atoms with E-state index < -0.39 is 0 Å². The van der Waals surface area contributed by atoms with Crippen LogP contribution in [0.15, 0.2) is 66.7 Å². The molecule has 3 aromatic carbocycles. The largest absolute Gasteiger partial charge is 0.493 e. The summed E-state index contributed by atoms with van der Waals surface area (Å²) in [7, 11) is 3.33. The van der Waals surface area contributed by atoms with Crippen LogP contribution in [0.25, 0.3) is 11.6 Å². The highest BCUT2D eigenvalue weighted by molar-refractivity contribution is 5.87. The molecule has 3 aromatic rings. The first-order chi connectivity index (χ1) is 13.7. The number of methoxy groups -OCH3 is 2. The summed E-state index contributed by atoms with van der Waals surface area (Å²) in [6.07, 6.45) is 2.08. The Hall–Kier alpha value is -3.04. The van der Waals surface area contributed by atoms with E-state index in [1.54, 1.807) is 14.2 Å². The molecule has 0 radical (unpaired) electrons. The highest BCUT2D eigenvalue weighted by Gasteiger charge is 2.28. The van der Waals surface area contributed by atoms with Crippen molar-refractivity contribution in [3.05, 3.63) is 94.5 Å². The molecule has 0 fully saturated rings. The first-order valence-electron chi connectivity index (χ1n) is 9.39. The molecular weight excluding hydrogens is 348 g/mol. The predicted octanol–water partition coefficient (Wildman–Crippen LogP) is 5.82. The van der Waals surface area contributed by atoms with Crippen LogP contribution in [0, 0.1) is 6.92 Å². The minimum absolute atomic E-state index is 0.132. The van der Waals surface area contributed by atoms with Gasteiger partial charge in [-0.3, -0.25) is 0 Å². The van der Waals surface area contributed by atoms with Crippen LogP contribution in [0.2, 0.25) is 0 Å². The average Bonchev–Trinajstić information content (AvgIpc) is 2.73. The van der Waals surface area contributed by atoms with Crippen molar-refractivity contribution in [1.82, 2.24) is 0 Å². The first kappa shape index (κ1) is 18.3. The molecule has 0 aromatic heterocycles. The quantitative estimate of drug-likeness (QED) is 0.577. The van der Waals surface area contributed by atoms with Gasteiger partial charge in [0.2, 0.25) is 0 Å². The second-order valence-electron chi connectivity index (χ2n) is 6.98. The van der Waals surface area contributed by atoms with Crippen molar-refractivity contribution >= 4 is 11.6 Å². The fourth-order valence-corrected chi connectivity index (χ4v) is 3.71. The Bertz CT molecular complexity index is 1010. The summed E-state index contributed by atoms with van der Waals surface area (Å²) in [5.41, 5.74) is 6.89. The summed E-state index contributed by atoms with van der Waals surface area (Å²) in [5.74, 6) is 1.45. The molecule has 0 bridgehead atoms. The maximum atomic E-state index is 6.31. The number of benzene rings is 3. The Morgan fingerprint density at radius 2 is 1.64 bits per heavy atom. The Morgan fingerprint density at radius 3 is 2.36 bits per heavy atom. The SMILES string of the molecule is COc1cc2c(cc1OC)/C(=C/c1cccc(C)c1)C(c1ccccc1)OC2. The molecule has 3 nitrogen and oxygen atoms in total. The highest BCUT2D eigenvalue weighted by Crippen LogP contribution is 2.44. The topological polar surface area (TPSA) is 27.7 Å². The molecule has 0 aliphatic carbocycles. The molecule has 28 heavy (non-hydrogen) atoms. The van der Waals surface area contributed by atoms with E-state index >= 15 is 0 Å². The number of fused-ring (bicyclic) bond motifs is 1. The lowest BCUT2D eigenvalue weighted by Crippen LogP contribution is -2.15. The molecule has 1 aliphatic rings. The van der Waals surface area contributed by atoms with Crippen molar-refractivity contribution in [2.24, 2.45) is 0 Å². The van der Waals surface area contributed by atoms with Gasteiger partial charge in [-0.1, -0.05) is 60.2 Å². The van der Waals surface area contributed by atoms with E-state index in [2.05, 4.69) is 55.5 Å². The van der Waals surface area contributed by atoms with Crippen LogP contribution in [-0.4, -0.2) is 14.2 Å². The molecule has 3 heteroatoms. The lowest BCUT2D eigenvalue weighted by Gasteiger charge is -2.30. The molecule has 0 saturated heterocycles. The maximum absolute atomic E-state index is 6.31. The molecule has 1 atom stereocenters. The average molecular weight is 372 g/mol. The molecular formula is C25H24O3. The van der Waals surface area contributed by atoms with Crippen LogP contribution in [0.1, 0.15) is 33.9 Å². The van der Waals surface area contributed by atoms with E-state index in [9.17, 15) is 0 Å². The van der Waals surface area contributed by atoms with E-state index in [0.717, 1.165) is 39.3 Å². The fourth-order valence-electron chi connectivity index (χ4n) is 3.71. The summed E-state index contributed by atoms with van der Waals surface area (Å²) >= 11 is 0. The van der Waals surface area contributed by atoms with Gasteiger partial charge in [0.1, 0.15) is 6.10 Å². The fraction of sp³-hybridized carbons (Fsp3) is 0.200. The van der Waals surface area contributed by atoms with Crippen LogP contribution in [0.4, 0.5) is 0 Å². The molecule has 4 rings (SSSR count). The van der Waals surface area contributed by atoms with Gasteiger partial charge in [-0.15, -0.1) is 0 Å². The van der Waals surface area contributed by atoms with E-state index in [1.165, 1.54) is 5.56 Å². The summed E-state index contributed by atoms with van der Waals surface area (Å²) in [4.78, 5) is 0. The zero-order valence-corrected chi connectivity index (χ0v) is 16.4. The Morgan fingerprint density at radius 1 is 0.893 bits per heavy atom. The second kappa shape index (κ2) is 7.91. The number of hydrogen-bond acceptors (Lipinski definition) is 3. The number of ether oxygens (including phenoxy) is 3. The second-order valence-corrected chi connectivity index (χ2v) is 6.98. The van der Waals surface area contributed by atoms with Crippen molar-refractivity contribution < 1.29 is 14.2 Å². The van der Waals surface area contributed by atoms with Crippen LogP contribution < -0.4 is 9.47 Å².